The van der Waals surface area contributed by atoms with Crippen LogP contribution in [-0.4, -0.2) is 19.2 Å². The second-order valence-corrected chi connectivity index (χ2v) is 2.96. The van der Waals surface area contributed by atoms with E-state index >= 15 is 0 Å². The molecule has 1 aromatic carbocycles. The summed E-state index contributed by atoms with van der Waals surface area (Å²) in [5.41, 5.74) is 6.56. The molecular formula is C10H13N3O2. The monoisotopic (exact) mass is 207 g/mol. The number of amides is 1. The molecule has 0 atom stereocenters. The Labute approximate surface area is 87.7 Å². The van der Waals surface area contributed by atoms with E-state index < -0.39 is 5.91 Å². The molecule has 0 bridgehead atoms. The fourth-order valence-corrected chi connectivity index (χ4v) is 1.36. The molecule has 0 fully saturated rings. The molecule has 80 valence electrons. The normalized spacial score (nSPS) is 10.5. The van der Waals surface area contributed by atoms with E-state index in [9.17, 15) is 4.79 Å². The molecule has 4 N–H and O–H groups in total. The number of hydrogen-bond acceptors (Lipinski definition) is 4. The van der Waals surface area contributed by atoms with Gasteiger partial charge in [-0.3, -0.25) is 4.79 Å². The predicted molar refractivity (Wildman–Crippen MR) is 57.7 cm³/mol. The zero-order valence-electron chi connectivity index (χ0n) is 8.43. The minimum Gasteiger partial charge on any atom is -0.496 e. The van der Waals surface area contributed by atoms with Gasteiger partial charge in [0.15, 0.2) is 0 Å². The Morgan fingerprint density at radius 1 is 1.60 bits per heavy atom. The minimum atomic E-state index is -0.407. The van der Waals surface area contributed by atoms with E-state index in [4.69, 9.17) is 16.3 Å². The molecule has 1 rings (SSSR count). The van der Waals surface area contributed by atoms with Crippen LogP contribution in [-0.2, 0) is 11.2 Å². The van der Waals surface area contributed by atoms with Gasteiger partial charge in [-0.25, -0.2) is 0 Å². The summed E-state index contributed by atoms with van der Waals surface area (Å²) in [5, 5.41) is 3.41. The van der Waals surface area contributed by atoms with E-state index in [1.54, 1.807) is 18.2 Å². The number of rotatable bonds is 4. The molecule has 0 aromatic heterocycles. The number of nitrogens with zero attached hydrogens (tertiary/aromatic N) is 1. The van der Waals surface area contributed by atoms with Gasteiger partial charge in [0.25, 0.3) is 0 Å². The van der Waals surface area contributed by atoms with Gasteiger partial charge in [-0.2, -0.15) is 5.10 Å². The highest BCUT2D eigenvalue weighted by atomic mass is 16.5. The Morgan fingerprint density at radius 3 is 2.87 bits per heavy atom. The van der Waals surface area contributed by atoms with Crippen LogP contribution in [0.3, 0.4) is 0 Å². The van der Waals surface area contributed by atoms with Gasteiger partial charge in [0.2, 0.25) is 5.91 Å². The second kappa shape index (κ2) is 4.99. The van der Waals surface area contributed by atoms with Crippen LogP contribution in [0.4, 0.5) is 0 Å². The summed E-state index contributed by atoms with van der Waals surface area (Å²) in [6, 6.07) is 5.36. The van der Waals surface area contributed by atoms with E-state index in [0.717, 1.165) is 11.1 Å². The first-order valence-corrected chi connectivity index (χ1v) is 4.36. The maximum Gasteiger partial charge on any atom is 0.221 e. The Balaban J connectivity index is 3.15. The molecular weight excluding hydrogens is 194 g/mol. The van der Waals surface area contributed by atoms with Crippen molar-refractivity contribution in [2.24, 2.45) is 16.7 Å². The number of benzene rings is 1. The number of hydrogen-bond donors (Lipinski definition) is 2. The van der Waals surface area contributed by atoms with Crippen LogP contribution in [0, 0.1) is 0 Å². The predicted octanol–water partition coefficient (Wildman–Crippen LogP) is 0.0156. The van der Waals surface area contributed by atoms with Gasteiger partial charge in [0, 0.05) is 11.1 Å². The number of nitrogens with two attached hydrogens (primary N) is 2. The number of primary amides is 1. The van der Waals surface area contributed by atoms with Crippen LogP contribution in [0.25, 0.3) is 0 Å². The highest BCUT2D eigenvalue weighted by Gasteiger charge is 2.09. The third-order valence-corrected chi connectivity index (χ3v) is 1.91. The zero-order valence-corrected chi connectivity index (χ0v) is 8.43. The molecule has 0 unspecified atom stereocenters. The lowest BCUT2D eigenvalue weighted by Crippen LogP contribution is -2.14. The van der Waals surface area contributed by atoms with Crippen molar-refractivity contribution in [3.8, 4) is 5.75 Å². The van der Waals surface area contributed by atoms with Gasteiger partial charge in [-0.1, -0.05) is 12.1 Å². The van der Waals surface area contributed by atoms with Crippen LogP contribution in [0.5, 0.6) is 5.75 Å². The molecule has 5 heteroatoms. The number of carbonyl (C=O) groups excluding carboxylic acids is 1. The molecule has 0 aliphatic carbocycles. The average Bonchev–Trinajstić information content (AvgIpc) is 2.18. The molecule has 0 radical (unpaired) electrons. The summed E-state index contributed by atoms with van der Waals surface area (Å²) in [7, 11) is 1.52. The largest absolute Gasteiger partial charge is 0.496 e. The highest BCUT2D eigenvalue weighted by molar-refractivity contribution is 5.86. The van der Waals surface area contributed by atoms with Crippen molar-refractivity contribution in [1.29, 1.82) is 0 Å². The first-order chi connectivity index (χ1) is 7.19. The summed E-state index contributed by atoms with van der Waals surface area (Å²) >= 11 is 0. The summed E-state index contributed by atoms with van der Waals surface area (Å²) in [4.78, 5) is 10.8. The fourth-order valence-electron chi connectivity index (χ4n) is 1.36. The number of para-hydroxylation sites is 1. The fraction of sp³-hybridized carbons (Fsp3) is 0.200. The molecule has 0 aliphatic heterocycles. The smallest absolute Gasteiger partial charge is 0.221 e. The molecule has 1 amide bonds. The quantitative estimate of drug-likeness (QED) is 0.414. The van der Waals surface area contributed by atoms with Crippen molar-refractivity contribution in [3.63, 3.8) is 0 Å². The number of methoxy groups -OCH3 is 1. The summed E-state index contributed by atoms with van der Waals surface area (Å²) in [6.07, 6.45) is 1.60. The van der Waals surface area contributed by atoms with Crippen molar-refractivity contribution in [3.05, 3.63) is 29.3 Å². The van der Waals surface area contributed by atoms with Crippen LogP contribution in [0.2, 0.25) is 0 Å². The van der Waals surface area contributed by atoms with Crippen molar-refractivity contribution in [2.75, 3.05) is 7.11 Å². The Bertz CT molecular complexity index is 388. The van der Waals surface area contributed by atoms with Gasteiger partial charge < -0.3 is 16.3 Å². The van der Waals surface area contributed by atoms with E-state index in [2.05, 4.69) is 5.10 Å². The highest BCUT2D eigenvalue weighted by Crippen LogP contribution is 2.22. The Morgan fingerprint density at radius 2 is 2.33 bits per heavy atom. The molecule has 15 heavy (non-hydrogen) atoms. The summed E-state index contributed by atoms with van der Waals surface area (Å²) < 4.78 is 5.18. The lowest BCUT2D eigenvalue weighted by atomic mass is 10.1. The molecule has 0 spiro atoms. The van der Waals surface area contributed by atoms with Crippen LogP contribution >= 0.6 is 0 Å². The Kier molecular flexibility index (Phi) is 3.68. The molecule has 5 nitrogen and oxygen atoms in total. The molecule has 0 heterocycles. The van der Waals surface area contributed by atoms with E-state index in [1.807, 2.05) is 0 Å². The minimum absolute atomic E-state index is 0.134. The third kappa shape index (κ3) is 2.70. The van der Waals surface area contributed by atoms with Crippen LogP contribution in [0.1, 0.15) is 11.1 Å². The lowest BCUT2D eigenvalue weighted by Gasteiger charge is -2.09. The van der Waals surface area contributed by atoms with Gasteiger partial charge in [-0.05, 0) is 6.07 Å². The molecule has 0 saturated carbocycles. The van der Waals surface area contributed by atoms with Gasteiger partial charge in [0.05, 0.1) is 19.7 Å². The van der Waals surface area contributed by atoms with E-state index in [0.29, 0.717) is 5.75 Å². The van der Waals surface area contributed by atoms with E-state index in [-0.39, 0.29) is 6.42 Å². The van der Waals surface area contributed by atoms with Crippen molar-refractivity contribution >= 4 is 12.1 Å². The van der Waals surface area contributed by atoms with Gasteiger partial charge in [0.1, 0.15) is 5.75 Å². The standard InChI is InChI=1S/C10H13N3O2/c1-15-10-7(5-9(11)14)3-2-4-8(10)6-13-12/h2-4,6H,5,12H2,1H3,(H2,11,14). The summed E-state index contributed by atoms with van der Waals surface area (Å²) in [5.74, 6) is 5.22. The number of ether oxygens (including phenoxy) is 1. The average molecular weight is 207 g/mol. The first kappa shape index (κ1) is 11.0. The topological polar surface area (TPSA) is 90.7 Å². The number of hydrazone groups is 1. The molecule has 1 aromatic rings. The molecule has 0 aliphatic rings. The van der Waals surface area contributed by atoms with Gasteiger partial charge >= 0.3 is 0 Å². The zero-order chi connectivity index (χ0) is 11.3. The first-order valence-electron chi connectivity index (χ1n) is 4.36. The maximum atomic E-state index is 10.8. The van der Waals surface area contributed by atoms with Crippen LogP contribution in [0.15, 0.2) is 23.3 Å². The van der Waals surface area contributed by atoms with Crippen molar-refractivity contribution in [2.45, 2.75) is 6.42 Å². The SMILES string of the molecule is COc1c(C=NN)cccc1CC(N)=O. The van der Waals surface area contributed by atoms with Gasteiger partial charge in [-0.15, -0.1) is 0 Å². The Hall–Kier alpha value is -2.04. The third-order valence-electron chi connectivity index (χ3n) is 1.91. The summed E-state index contributed by atoms with van der Waals surface area (Å²) in [6.45, 7) is 0. The maximum absolute atomic E-state index is 10.8. The second-order valence-electron chi connectivity index (χ2n) is 2.96. The van der Waals surface area contributed by atoms with Crippen LogP contribution < -0.4 is 16.3 Å². The van der Waals surface area contributed by atoms with Crippen molar-refractivity contribution in [1.82, 2.24) is 0 Å². The lowest BCUT2D eigenvalue weighted by molar-refractivity contribution is -0.117. The van der Waals surface area contributed by atoms with Crippen molar-refractivity contribution < 1.29 is 9.53 Å². The van der Waals surface area contributed by atoms with E-state index in [1.165, 1.54) is 13.3 Å². The number of carbonyl (C=O) groups is 1. The molecule has 0 saturated heterocycles.